The first-order valence-corrected chi connectivity index (χ1v) is 5.69. The van der Waals surface area contributed by atoms with Gasteiger partial charge in [-0.15, -0.1) is 0 Å². The number of nitrogens with zero attached hydrogens (tertiary/aromatic N) is 2. The molecule has 0 unspecified atom stereocenters. The molecule has 1 aromatic heterocycles. The molecule has 1 heterocycles. The average Bonchev–Trinajstić information content (AvgIpc) is 2.45. The van der Waals surface area contributed by atoms with Crippen LogP contribution in [0.15, 0.2) is 30.6 Å². The van der Waals surface area contributed by atoms with Gasteiger partial charge in [0, 0.05) is 23.5 Å². The van der Waals surface area contributed by atoms with E-state index in [4.69, 9.17) is 0 Å². The van der Waals surface area contributed by atoms with Gasteiger partial charge in [-0.05, 0) is 17.7 Å². The Morgan fingerprint density at radius 3 is 1.95 bits per heavy atom. The SMILES string of the molecule is O=Cc1cc(C(F)(F)F)ccc1-c1cnc(C(F)(F)F)nc1. The molecule has 0 atom stereocenters. The van der Waals surface area contributed by atoms with Crippen LogP contribution in [0.25, 0.3) is 11.1 Å². The van der Waals surface area contributed by atoms with Gasteiger partial charge in [-0.1, -0.05) is 6.07 Å². The Hall–Kier alpha value is -2.45. The van der Waals surface area contributed by atoms with E-state index in [1.807, 2.05) is 0 Å². The van der Waals surface area contributed by atoms with Crippen molar-refractivity contribution in [1.82, 2.24) is 9.97 Å². The third kappa shape index (κ3) is 3.23. The van der Waals surface area contributed by atoms with Crippen molar-refractivity contribution >= 4 is 6.29 Å². The minimum absolute atomic E-state index is 0.00354. The summed E-state index contributed by atoms with van der Waals surface area (Å²) >= 11 is 0. The fourth-order valence-electron chi connectivity index (χ4n) is 1.71. The van der Waals surface area contributed by atoms with Crippen molar-refractivity contribution in [3.8, 4) is 11.1 Å². The van der Waals surface area contributed by atoms with Gasteiger partial charge in [0.25, 0.3) is 0 Å². The highest BCUT2D eigenvalue weighted by Crippen LogP contribution is 2.33. The van der Waals surface area contributed by atoms with Gasteiger partial charge in [-0.2, -0.15) is 26.3 Å². The van der Waals surface area contributed by atoms with Gasteiger partial charge in [0.05, 0.1) is 5.56 Å². The molecule has 22 heavy (non-hydrogen) atoms. The summed E-state index contributed by atoms with van der Waals surface area (Å²) in [7, 11) is 0. The van der Waals surface area contributed by atoms with Crippen LogP contribution in [0.2, 0.25) is 0 Å². The van der Waals surface area contributed by atoms with Crippen LogP contribution in [0.3, 0.4) is 0 Å². The Kier molecular flexibility index (Phi) is 3.90. The van der Waals surface area contributed by atoms with Crippen molar-refractivity contribution < 1.29 is 31.1 Å². The second-order valence-corrected chi connectivity index (χ2v) is 4.21. The number of halogens is 6. The number of hydrogen-bond donors (Lipinski definition) is 0. The fraction of sp³-hybridized carbons (Fsp3) is 0.154. The zero-order chi connectivity index (χ0) is 16.5. The summed E-state index contributed by atoms with van der Waals surface area (Å²) < 4.78 is 74.7. The number of aldehydes is 1. The summed E-state index contributed by atoms with van der Waals surface area (Å²) in [6, 6.07) is 2.32. The first kappa shape index (κ1) is 15.9. The van der Waals surface area contributed by atoms with E-state index < -0.39 is 23.7 Å². The van der Waals surface area contributed by atoms with Crippen molar-refractivity contribution in [1.29, 1.82) is 0 Å². The van der Waals surface area contributed by atoms with Crippen molar-refractivity contribution in [2.75, 3.05) is 0 Å². The van der Waals surface area contributed by atoms with Crippen molar-refractivity contribution in [3.63, 3.8) is 0 Å². The van der Waals surface area contributed by atoms with Crippen molar-refractivity contribution in [2.24, 2.45) is 0 Å². The van der Waals surface area contributed by atoms with Gasteiger partial charge in [0.15, 0.2) is 6.29 Å². The molecule has 116 valence electrons. The Morgan fingerprint density at radius 2 is 1.50 bits per heavy atom. The van der Waals surface area contributed by atoms with Crippen LogP contribution in [0.4, 0.5) is 26.3 Å². The minimum atomic E-state index is -4.73. The van der Waals surface area contributed by atoms with Gasteiger partial charge < -0.3 is 0 Å². The van der Waals surface area contributed by atoms with Crippen molar-refractivity contribution in [3.05, 3.63) is 47.5 Å². The molecule has 2 rings (SSSR count). The molecule has 0 spiro atoms. The maximum absolute atomic E-state index is 12.6. The zero-order valence-electron chi connectivity index (χ0n) is 10.5. The topological polar surface area (TPSA) is 42.9 Å². The van der Waals surface area contributed by atoms with E-state index in [1.54, 1.807) is 0 Å². The highest BCUT2D eigenvalue weighted by molar-refractivity contribution is 5.87. The highest BCUT2D eigenvalue weighted by atomic mass is 19.4. The molecule has 0 N–H and O–H groups in total. The number of alkyl halides is 6. The molecule has 0 aliphatic heterocycles. The molecule has 0 aliphatic rings. The Labute approximate surface area is 119 Å². The van der Waals surface area contributed by atoms with E-state index in [0.717, 1.165) is 24.5 Å². The summed E-state index contributed by atoms with van der Waals surface area (Å²) in [4.78, 5) is 17.1. The lowest BCUT2D eigenvalue weighted by atomic mass is 10.00. The van der Waals surface area contributed by atoms with Crippen LogP contribution < -0.4 is 0 Å². The Morgan fingerprint density at radius 1 is 0.909 bits per heavy atom. The zero-order valence-corrected chi connectivity index (χ0v) is 10.5. The molecule has 2 aromatic rings. The van der Waals surface area contributed by atoms with Crippen LogP contribution in [-0.2, 0) is 12.4 Å². The Bertz CT molecular complexity index is 691. The second-order valence-electron chi connectivity index (χ2n) is 4.21. The van der Waals surface area contributed by atoms with E-state index in [9.17, 15) is 31.1 Å². The van der Waals surface area contributed by atoms with Crippen LogP contribution in [-0.4, -0.2) is 16.3 Å². The molecule has 9 heteroatoms. The molecule has 1 aromatic carbocycles. The summed E-state index contributed by atoms with van der Waals surface area (Å²) in [5.41, 5.74) is -1.34. The average molecular weight is 320 g/mol. The molecule has 0 bridgehead atoms. The quantitative estimate of drug-likeness (QED) is 0.620. The fourth-order valence-corrected chi connectivity index (χ4v) is 1.71. The lowest BCUT2D eigenvalue weighted by Gasteiger charge is -2.11. The monoisotopic (exact) mass is 320 g/mol. The van der Waals surface area contributed by atoms with E-state index in [1.165, 1.54) is 0 Å². The predicted octanol–water partition coefficient (Wildman–Crippen LogP) is 3.99. The predicted molar refractivity (Wildman–Crippen MR) is 62.9 cm³/mol. The van der Waals surface area contributed by atoms with E-state index in [2.05, 4.69) is 9.97 Å². The second kappa shape index (κ2) is 5.39. The van der Waals surface area contributed by atoms with Crippen LogP contribution in [0.1, 0.15) is 21.7 Å². The molecular formula is C13H6F6N2O. The molecule has 0 saturated heterocycles. The first-order chi connectivity index (χ1) is 10.1. The summed E-state index contributed by atoms with van der Waals surface area (Å²) in [6.07, 6.45) is -7.59. The number of aromatic nitrogens is 2. The highest BCUT2D eigenvalue weighted by Gasteiger charge is 2.34. The van der Waals surface area contributed by atoms with Crippen LogP contribution in [0, 0.1) is 0 Å². The number of hydrogen-bond acceptors (Lipinski definition) is 3. The van der Waals surface area contributed by atoms with Crippen LogP contribution >= 0.6 is 0 Å². The molecule has 0 aliphatic carbocycles. The van der Waals surface area contributed by atoms with Crippen LogP contribution in [0.5, 0.6) is 0 Å². The van der Waals surface area contributed by atoms with Crippen molar-refractivity contribution in [2.45, 2.75) is 12.4 Å². The molecule has 0 fully saturated rings. The maximum atomic E-state index is 12.6. The van der Waals surface area contributed by atoms with E-state index >= 15 is 0 Å². The van der Waals surface area contributed by atoms with Gasteiger partial charge >= 0.3 is 12.4 Å². The number of benzene rings is 1. The Balaban J connectivity index is 2.47. The third-order valence-corrected chi connectivity index (χ3v) is 2.72. The number of rotatable bonds is 2. The largest absolute Gasteiger partial charge is 0.451 e. The molecule has 0 saturated carbocycles. The van der Waals surface area contributed by atoms with Gasteiger partial charge in [0.1, 0.15) is 0 Å². The lowest BCUT2D eigenvalue weighted by molar-refractivity contribution is -0.145. The van der Waals surface area contributed by atoms with E-state index in [-0.39, 0.29) is 23.0 Å². The maximum Gasteiger partial charge on any atom is 0.451 e. The molecule has 0 radical (unpaired) electrons. The van der Waals surface area contributed by atoms with E-state index in [0.29, 0.717) is 6.07 Å². The van der Waals surface area contributed by atoms with Gasteiger partial charge in [-0.25, -0.2) is 9.97 Å². The normalized spacial score (nSPS) is 12.3. The minimum Gasteiger partial charge on any atom is -0.298 e. The van der Waals surface area contributed by atoms with Gasteiger partial charge in [0.2, 0.25) is 5.82 Å². The number of carbonyl (C=O) groups excluding carboxylic acids is 1. The smallest absolute Gasteiger partial charge is 0.298 e. The molecular weight excluding hydrogens is 314 g/mol. The number of carbonyl (C=O) groups is 1. The third-order valence-electron chi connectivity index (χ3n) is 2.72. The standard InChI is InChI=1S/C13H6F6N2O/c14-12(15,16)9-1-2-10(7(3-9)6-22)8-4-20-11(21-5-8)13(17,18)19/h1-6H. The lowest BCUT2D eigenvalue weighted by Crippen LogP contribution is -2.10. The molecule has 0 amide bonds. The molecule has 3 nitrogen and oxygen atoms in total. The van der Waals surface area contributed by atoms with Gasteiger partial charge in [-0.3, -0.25) is 4.79 Å². The summed E-state index contributed by atoms with van der Waals surface area (Å²) in [6.45, 7) is 0. The summed E-state index contributed by atoms with van der Waals surface area (Å²) in [5, 5.41) is 0. The summed E-state index contributed by atoms with van der Waals surface area (Å²) in [5.74, 6) is -1.38. The first-order valence-electron chi connectivity index (χ1n) is 5.69.